The summed E-state index contributed by atoms with van der Waals surface area (Å²) in [6.45, 7) is 7.24. The summed E-state index contributed by atoms with van der Waals surface area (Å²) < 4.78 is 1.53. The number of hydrogen-bond donors (Lipinski definition) is 3. The molecule has 10 heteroatoms. The fourth-order valence-electron chi connectivity index (χ4n) is 4.45. The van der Waals surface area contributed by atoms with Crippen LogP contribution in [0.3, 0.4) is 0 Å². The average Bonchev–Trinajstić information content (AvgIpc) is 2.90. The standard InChI is InChI=1S/C29H27ClN6O3/c1-16(34-26-22-20(37)13-14-31-25(22)32-15-33-26)24-23(30)18-11-8-12-19(35-28(39)29(2,3)4)21(18)27(38)36(24)17-9-6-5-7-10-17/h5-16H,1-4H3,(H,35,39)(H2,31,32,33,34,37)/t16-/m0/s1. The van der Waals surface area contributed by atoms with Crippen LogP contribution in [0.15, 0.2) is 76.7 Å². The van der Waals surface area contributed by atoms with Crippen molar-refractivity contribution in [3.8, 4) is 5.69 Å². The van der Waals surface area contributed by atoms with Crippen LogP contribution in [0.4, 0.5) is 11.5 Å². The van der Waals surface area contributed by atoms with Crippen LogP contribution < -0.4 is 21.6 Å². The lowest BCUT2D eigenvalue weighted by atomic mass is 9.95. The fraction of sp³-hybridized carbons (Fsp3) is 0.207. The number of anilines is 2. The minimum Gasteiger partial charge on any atom is -0.361 e. The van der Waals surface area contributed by atoms with Gasteiger partial charge in [-0.1, -0.05) is 62.7 Å². The first kappa shape index (κ1) is 26.1. The predicted octanol–water partition coefficient (Wildman–Crippen LogP) is 5.43. The monoisotopic (exact) mass is 542 g/mol. The third kappa shape index (κ3) is 4.77. The fourth-order valence-corrected chi connectivity index (χ4v) is 4.85. The second-order valence-electron chi connectivity index (χ2n) is 10.3. The molecular formula is C29H27ClN6O3. The summed E-state index contributed by atoms with van der Waals surface area (Å²) in [4.78, 5) is 51.1. The van der Waals surface area contributed by atoms with E-state index in [1.807, 2.05) is 25.1 Å². The Bertz CT molecular complexity index is 1840. The molecule has 39 heavy (non-hydrogen) atoms. The molecule has 0 saturated carbocycles. The number of pyridine rings is 2. The van der Waals surface area contributed by atoms with Gasteiger partial charge in [0.15, 0.2) is 5.43 Å². The largest absolute Gasteiger partial charge is 0.361 e. The van der Waals surface area contributed by atoms with Crippen molar-refractivity contribution < 1.29 is 4.79 Å². The molecule has 0 aliphatic rings. The molecule has 1 atom stereocenters. The van der Waals surface area contributed by atoms with Gasteiger partial charge >= 0.3 is 0 Å². The summed E-state index contributed by atoms with van der Waals surface area (Å²) >= 11 is 7.06. The number of fused-ring (bicyclic) bond motifs is 2. The van der Waals surface area contributed by atoms with E-state index in [1.165, 1.54) is 23.2 Å². The van der Waals surface area contributed by atoms with Gasteiger partial charge in [0, 0.05) is 28.8 Å². The predicted molar refractivity (Wildman–Crippen MR) is 155 cm³/mol. The molecule has 0 bridgehead atoms. The molecule has 0 aliphatic carbocycles. The summed E-state index contributed by atoms with van der Waals surface area (Å²) in [6, 6.07) is 15.1. The quantitative estimate of drug-likeness (QED) is 0.272. The van der Waals surface area contributed by atoms with E-state index in [-0.39, 0.29) is 16.9 Å². The van der Waals surface area contributed by atoms with E-state index in [0.717, 1.165) is 0 Å². The number of nitrogens with zero attached hydrogens (tertiary/aromatic N) is 3. The molecule has 0 radical (unpaired) electrons. The summed E-state index contributed by atoms with van der Waals surface area (Å²) in [6.07, 6.45) is 2.87. The molecule has 3 heterocycles. The molecule has 5 aromatic rings. The summed E-state index contributed by atoms with van der Waals surface area (Å²) in [5.74, 6) is 0.0838. The smallest absolute Gasteiger partial charge is 0.265 e. The van der Waals surface area contributed by atoms with Crippen molar-refractivity contribution in [1.82, 2.24) is 19.5 Å². The molecule has 5 rings (SSSR count). The lowest BCUT2D eigenvalue weighted by Gasteiger charge is -2.24. The van der Waals surface area contributed by atoms with Gasteiger partial charge in [-0.05, 0) is 25.1 Å². The molecule has 3 aromatic heterocycles. The highest BCUT2D eigenvalue weighted by atomic mass is 35.5. The number of hydrogen-bond acceptors (Lipinski definition) is 6. The average molecular weight is 543 g/mol. The van der Waals surface area contributed by atoms with Crippen LogP contribution in [0.2, 0.25) is 5.02 Å². The van der Waals surface area contributed by atoms with E-state index in [9.17, 15) is 14.4 Å². The van der Waals surface area contributed by atoms with Gasteiger partial charge in [-0.25, -0.2) is 9.97 Å². The number of nitrogens with one attached hydrogen (secondary N) is 3. The lowest BCUT2D eigenvalue weighted by Crippen LogP contribution is -2.30. The van der Waals surface area contributed by atoms with Gasteiger partial charge in [-0.15, -0.1) is 0 Å². The van der Waals surface area contributed by atoms with Crippen LogP contribution >= 0.6 is 11.6 Å². The van der Waals surface area contributed by atoms with Gasteiger partial charge in [0.05, 0.1) is 27.8 Å². The molecular weight excluding hydrogens is 516 g/mol. The second kappa shape index (κ2) is 9.99. The SMILES string of the molecule is C[C@H](Nc1ncnc2[nH]ccc(=O)c12)c1c(Cl)c2cccc(NC(=O)C(C)(C)C)c2c(=O)n1-c1ccccc1. The maximum atomic E-state index is 14.2. The molecule has 0 unspecified atom stereocenters. The van der Waals surface area contributed by atoms with Crippen LogP contribution in [0.25, 0.3) is 27.5 Å². The van der Waals surface area contributed by atoms with Crippen LogP contribution in [0.1, 0.15) is 39.4 Å². The number of carbonyl (C=O) groups is 1. The van der Waals surface area contributed by atoms with Gasteiger partial charge in [-0.3, -0.25) is 19.0 Å². The van der Waals surface area contributed by atoms with Crippen molar-refractivity contribution in [2.24, 2.45) is 5.41 Å². The first-order chi connectivity index (χ1) is 18.6. The zero-order chi connectivity index (χ0) is 27.9. The van der Waals surface area contributed by atoms with E-state index >= 15 is 0 Å². The Kier molecular flexibility index (Phi) is 6.69. The van der Waals surface area contributed by atoms with Gasteiger partial charge in [0.2, 0.25) is 5.91 Å². The van der Waals surface area contributed by atoms with E-state index in [0.29, 0.717) is 49.7 Å². The molecule has 3 N–H and O–H groups in total. The Morgan fingerprint density at radius 2 is 1.74 bits per heavy atom. The maximum Gasteiger partial charge on any atom is 0.265 e. The number of aromatic amines is 1. The number of benzene rings is 2. The molecule has 0 fully saturated rings. The molecule has 9 nitrogen and oxygen atoms in total. The number of para-hydroxylation sites is 1. The second-order valence-corrected chi connectivity index (χ2v) is 10.6. The van der Waals surface area contributed by atoms with Crippen molar-refractivity contribution in [3.63, 3.8) is 0 Å². The van der Waals surface area contributed by atoms with Gasteiger partial charge < -0.3 is 15.6 Å². The molecule has 0 saturated heterocycles. The van der Waals surface area contributed by atoms with Gasteiger partial charge in [0.25, 0.3) is 5.56 Å². The van der Waals surface area contributed by atoms with Crippen LogP contribution in [-0.4, -0.2) is 25.4 Å². The third-order valence-corrected chi connectivity index (χ3v) is 6.84. The van der Waals surface area contributed by atoms with E-state index < -0.39 is 11.5 Å². The number of H-pyrrole nitrogens is 1. The topological polar surface area (TPSA) is 122 Å². The first-order valence-electron chi connectivity index (χ1n) is 12.4. The van der Waals surface area contributed by atoms with Gasteiger partial charge in [-0.2, -0.15) is 0 Å². The normalized spacial score (nSPS) is 12.4. The van der Waals surface area contributed by atoms with Crippen molar-refractivity contribution in [2.45, 2.75) is 33.7 Å². The highest BCUT2D eigenvalue weighted by Crippen LogP contribution is 2.35. The number of amides is 1. The van der Waals surface area contributed by atoms with Crippen molar-refractivity contribution in [1.29, 1.82) is 0 Å². The Hall–Kier alpha value is -4.50. The van der Waals surface area contributed by atoms with Crippen molar-refractivity contribution >= 4 is 50.8 Å². The number of aromatic nitrogens is 4. The molecule has 0 aliphatic heterocycles. The van der Waals surface area contributed by atoms with Gasteiger partial charge in [0.1, 0.15) is 23.2 Å². The van der Waals surface area contributed by atoms with E-state index in [2.05, 4.69) is 25.6 Å². The molecule has 2 aromatic carbocycles. The number of carbonyl (C=O) groups excluding carboxylic acids is 1. The number of halogens is 1. The Morgan fingerprint density at radius 1 is 1.00 bits per heavy atom. The zero-order valence-corrected chi connectivity index (χ0v) is 22.6. The third-order valence-electron chi connectivity index (χ3n) is 6.44. The highest BCUT2D eigenvalue weighted by Gasteiger charge is 2.26. The first-order valence-corrected chi connectivity index (χ1v) is 12.8. The molecule has 198 valence electrons. The maximum absolute atomic E-state index is 14.2. The zero-order valence-electron chi connectivity index (χ0n) is 21.9. The van der Waals surface area contributed by atoms with Crippen molar-refractivity contribution in [2.75, 3.05) is 10.6 Å². The minimum atomic E-state index is -0.666. The molecule has 1 amide bonds. The van der Waals surface area contributed by atoms with Crippen LogP contribution in [0.5, 0.6) is 0 Å². The Morgan fingerprint density at radius 3 is 2.46 bits per heavy atom. The summed E-state index contributed by atoms with van der Waals surface area (Å²) in [5.41, 5.74) is 0.570. The molecule has 0 spiro atoms. The number of rotatable bonds is 5. The lowest BCUT2D eigenvalue weighted by molar-refractivity contribution is -0.123. The van der Waals surface area contributed by atoms with E-state index in [1.54, 1.807) is 51.1 Å². The summed E-state index contributed by atoms with van der Waals surface area (Å²) in [7, 11) is 0. The van der Waals surface area contributed by atoms with Crippen LogP contribution in [-0.2, 0) is 4.79 Å². The Balaban J connectivity index is 1.75. The Labute approximate surface area is 228 Å². The van der Waals surface area contributed by atoms with Crippen LogP contribution in [0, 0.1) is 5.41 Å². The van der Waals surface area contributed by atoms with E-state index in [4.69, 9.17) is 11.6 Å². The minimum absolute atomic E-state index is 0.225. The van der Waals surface area contributed by atoms with Crippen molar-refractivity contribution in [3.05, 3.63) is 98.4 Å². The highest BCUT2D eigenvalue weighted by molar-refractivity contribution is 6.36. The summed E-state index contributed by atoms with van der Waals surface area (Å²) in [5, 5.41) is 7.58.